The van der Waals surface area contributed by atoms with Crippen LogP contribution in [0, 0.1) is 5.92 Å². The van der Waals surface area contributed by atoms with Gasteiger partial charge in [0.2, 0.25) is 0 Å². The molecule has 0 unspecified atom stereocenters. The fourth-order valence-electron chi connectivity index (χ4n) is 2.75. The molecule has 0 saturated heterocycles. The Morgan fingerprint density at radius 1 is 1.05 bits per heavy atom. The van der Waals surface area contributed by atoms with Gasteiger partial charge in [0, 0.05) is 0 Å². The first-order valence-corrected chi connectivity index (χ1v) is 8.66. The van der Waals surface area contributed by atoms with E-state index in [0.717, 1.165) is 32.1 Å². The lowest BCUT2D eigenvalue weighted by molar-refractivity contribution is -0.142. The predicted octanol–water partition coefficient (Wildman–Crippen LogP) is 5.59. The van der Waals surface area contributed by atoms with Gasteiger partial charge in [0.25, 0.3) is 0 Å². The van der Waals surface area contributed by atoms with Gasteiger partial charge in [-0.1, -0.05) is 71.2 Å². The Morgan fingerprint density at radius 2 is 1.64 bits per heavy atom. The van der Waals surface area contributed by atoms with E-state index in [0.29, 0.717) is 0 Å². The lowest BCUT2D eigenvalue weighted by Crippen LogP contribution is -2.12. The van der Waals surface area contributed by atoms with E-state index in [2.05, 4.69) is 45.0 Å². The average Bonchev–Trinajstić information content (AvgIpc) is 2.45. The molecular formula is C20H32O2. The zero-order valence-corrected chi connectivity index (χ0v) is 14.7. The van der Waals surface area contributed by atoms with Crippen LogP contribution < -0.4 is 0 Å². The Labute approximate surface area is 135 Å². The van der Waals surface area contributed by atoms with Gasteiger partial charge in [0.1, 0.15) is 0 Å². The average molecular weight is 304 g/mol. The highest BCUT2D eigenvalue weighted by molar-refractivity contribution is 5.69. The lowest BCUT2D eigenvalue weighted by Gasteiger charge is -2.19. The summed E-state index contributed by atoms with van der Waals surface area (Å²) in [5, 5.41) is 9.00. The van der Waals surface area contributed by atoms with Gasteiger partial charge in [0.05, 0.1) is 5.92 Å². The van der Waals surface area contributed by atoms with Crippen LogP contribution in [0.25, 0.3) is 0 Å². The molecule has 124 valence electrons. The van der Waals surface area contributed by atoms with E-state index in [4.69, 9.17) is 5.11 Å². The molecule has 1 atom stereocenters. The van der Waals surface area contributed by atoms with E-state index < -0.39 is 5.97 Å². The molecule has 0 amide bonds. The van der Waals surface area contributed by atoms with Crippen molar-refractivity contribution in [2.24, 2.45) is 5.92 Å². The molecule has 0 radical (unpaired) electrons. The maximum absolute atomic E-state index is 10.9. The highest BCUT2D eigenvalue weighted by Crippen LogP contribution is 2.22. The second kappa shape index (κ2) is 8.97. The van der Waals surface area contributed by atoms with Crippen LogP contribution in [0.2, 0.25) is 0 Å². The van der Waals surface area contributed by atoms with Crippen molar-refractivity contribution in [1.82, 2.24) is 0 Å². The minimum absolute atomic E-state index is 0.148. The zero-order valence-electron chi connectivity index (χ0n) is 14.7. The van der Waals surface area contributed by atoms with Crippen molar-refractivity contribution in [3.8, 4) is 0 Å². The topological polar surface area (TPSA) is 37.3 Å². The third kappa shape index (κ3) is 6.64. The number of aryl methyl sites for hydroxylation is 1. The molecule has 0 bridgehead atoms. The fourth-order valence-corrected chi connectivity index (χ4v) is 2.75. The first-order chi connectivity index (χ1) is 10.3. The molecule has 0 aliphatic heterocycles. The smallest absolute Gasteiger partial charge is 0.306 e. The quantitative estimate of drug-likeness (QED) is 0.604. The summed E-state index contributed by atoms with van der Waals surface area (Å²) in [4.78, 5) is 10.9. The number of rotatable bonds is 9. The van der Waals surface area contributed by atoms with E-state index in [1.165, 1.54) is 24.0 Å². The Hall–Kier alpha value is -1.31. The van der Waals surface area contributed by atoms with Gasteiger partial charge in [-0.15, -0.1) is 0 Å². The maximum atomic E-state index is 10.9. The summed E-state index contributed by atoms with van der Waals surface area (Å²) < 4.78 is 0. The summed E-state index contributed by atoms with van der Waals surface area (Å²) in [5.74, 6) is -0.786. The molecule has 1 N–H and O–H groups in total. The van der Waals surface area contributed by atoms with Crippen molar-refractivity contribution >= 4 is 5.97 Å². The van der Waals surface area contributed by atoms with Crippen molar-refractivity contribution < 1.29 is 9.90 Å². The van der Waals surface area contributed by atoms with Gasteiger partial charge in [-0.3, -0.25) is 4.79 Å². The summed E-state index contributed by atoms with van der Waals surface area (Å²) >= 11 is 0. The Balaban J connectivity index is 2.21. The van der Waals surface area contributed by atoms with Crippen LogP contribution in [0.15, 0.2) is 24.3 Å². The first-order valence-electron chi connectivity index (χ1n) is 8.66. The van der Waals surface area contributed by atoms with Crippen molar-refractivity contribution in [2.45, 2.75) is 78.1 Å². The van der Waals surface area contributed by atoms with Gasteiger partial charge in [0.15, 0.2) is 0 Å². The van der Waals surface area contributed by atoms with Gasteiger partial charge in [-0.2, -0.15) is 0 Å². The Morgan fingerprint density at radius 3 is 2.14 bits per heavy atom. The molecule has 1 rings (SSSR count). The second-order valence-corrected chi connectivity index (χ2v) is 7.34. The van der Waals surface area contributed by atoms with Crippen molar-refractivity contribution in [1.29, 1.82) is 0 Å². The number of hydrogen-bond donors (Lipinski definition) is 1. The van der Waals surface area contributed by atoms with E-state index in [1.807, 2.05) is 6.92 Å². The van der Waals surface area contributed by atoms with E-state index in [-0.39, 0.29) is 11.3 Å². The second-order valence-electron chi connectivity index (χ2n) is 7.34. The molecule has 0 fully saturated rings. The molecule has 2 heteroatoms. The monoisotopic (exact) mass is 304 g/mol. The third-order valence-electron chi connectivity index (χ3n) is 4.43. The summed E-state index contributed by atoms with van der Waals surface area (Å²) in [5.41, 5.74) is 3.01. The van der Waals surface area contributed by atoms with Crippen LogP contribution in [0.4, 0.5) is 0 Å². The normalized spacial score (nSPS) is 13.1. The first kappa shape index (κ1) is 18.7. The number of carboxylic acids is 1. The highest BCUT2D eigenvalue weighted by Gasteiger charge is 2.14. The summed E-state index contributed by atoms with van der Waals surface area (Å²) in [6, 6.07) is 8.98. The number of carboxylic acid groups (broad SMARTS) is 1. The third-order valence-corrected chi connectivity index (χ3v) is 4.43. The van der Waals surface area contributed by atoms with Crippen molar-refractivity contribution in [3.63, 3.8) is 0 Å². The van der Waals surface area contributed by atoms with Crippen LogP contribution in [-0.2, 0) is 16.6 Å². The molecule has 22 heavy (non-hydrogen) atoms. The summed E-state index contributed by atoms with van der Waals surface area (Å²) in [6.07, 6.45) is 7.26. The molecule has 1 aromatic rings. The molecule has 1 aromatic carbocycles. The van der Waals surface area contributed by atoms with Crippen LogP contribution in [0.3, 0.4) is 0 Å². The fraction of sp³-hybridized carbons (Fsp3) is 0.650. The zero-order chi connectivity index (χ0) is 16.6. The number of aliphatic carboxylic acids is 1. The molecule has 0 saturated carbocycles. The Kier molecular flexibility index (Phi) is 7.64. The molecule has 2 nitrogen and oxygen atoms in total. The minimum atomic E-state index is -0.638. The van der Waals surface area contributed by atoms with Crippen LogP contribution in [0.1, 0.15) is 77.3 Å². The van der Waals surface area contributed by atoms with Gasteiger partial charge >= 0.3 is 5.97 Å². The van der Waals surface area contributed by atoms with Crippen LogP contribution in [0.5, 0.6) is 0 Å². The van der Waals surface area contributed by atoms with E-state index in [1.54, 1.807) is 0 Å². The Bertz CT molecular complexity index is 440. The number of hydrogen-bond acceptors (Lipinski definition) is 1. The SMILES string of the molecule is CC[C@@H](CCCCCCc1ccc(C(C)(C)C)cc1)C(=O)O. The largest absolute Gasteiger partial charge is 0.481 e. The molecule has 0 aliphatic rings. The molecule has 0 heterocycles. The van der Waals surface area contributed by atoms with Crippen molar-refractivity contribution in [2.75, 3.05) is 0 Å². The standard InChI is InChI=1S/C20H32O2/c1-5-17(19(21)22)11-9-7-6-8-10-16-12-14-18(15-13-16)20(2,3)4/h12-15,17H,5-11H2,1-4H3,(H,21,22)/t17-/m0/s1. The number of carbonyl (C=O) groups is 1. The summed E-state index contributed by atoms with van der Waals surface area (Å²) in [7, 11) is 0. The number of unbranched alkanes of at least 4 members (excludes halogenated alkanes) is 3. The highest BCUT2D eigenvalue weighted by atomic mass is 16.4. The lowest BCUT2D eigenvalue weighted by atomic mass is 9.86. The number of benzene rings is 1. The van der Waals surface area contributed by atoms with Crippen LogP contribution in [-0.4, -0.2) is 11.1 Å². The molecule has 0 aromatic heterocycles. The van der Waals surface area contributed by atoms with Crippen LogP contribution >= 0.6 is 0 Å². The van der Waals surface area contributed by atoms with E-state index in [9.17, 15) is 4.79 Å². The van der Waals surface area contributed by atoms with Gasteiger partial charge < -0.3 is 5.11 Å². The molecular weight excluding hydrogens is 272 g/mol. The molecule has 0 aliphatic carbocycles. The minimum Gasteiger partial charge on any atom is -0.481 e. The maximum Gasteiger partial charge on any atom is 0.306 e. The van der Waals surface area contributed by atoms with E-state index >= 15 is 0 Å². The summed E-state index contributed by atoms with van der Waals surface area (Å²) in [6.45, 7) is 8.67. The predicted molar refractivity (Wildman–Crippen MR) is 93.3 cm³/mol. The van der Waals surface area contributed by atoms with Gasteiger partial charge in [-0.25, -0.2) is 0 Å². The van der Waals surface area contributed by atoms with Gasteiger partial charge in [-0.05, 0) is 42.2 Å². The molecule has 0 spiro atoms. The van der Waals surface area contributed by atoms with Crippen molar-refractivity contribution in [3.05, 3.63) is 35.4 Å².